The number of rotatable bonds is 3. The van der Waals surface area contributed by atoms with Crippen molar-refractivity contribution in [3.8, 4) is 5.75 Å². The topological polar surface area (TPSA) is 92.5 Å². The fourth-order valence-electron chi connectivity index (χ4n) is 5.08. The lowest BCUT2D eigenvalue weighted by Crippen LogP contribution is -2.51. The number of benzene rings is 1. The molecule has 3 aromatic rings. The van der Waals surface area contributed by atoms with Gasteiger partial charge in [0, 0.05) is 43.2 Å². The number of nitrogen functional groups attached to an aromatic ring is 1. The van der Waals surface area contributed by atoms with Crippen LogP contribution in [-0.4, -0.2) is 48.7 Å². The first kappa shape index (κ1) is 21.1. The summed E-state index contributed by atoms with van der Waals surface area (Å²) in [5.74, 6) is -1.76. The molecule has 2 bridgehead atoms. The molecule has 3 aliphatic heterocycles. The third kappa shape index (κ3) is 3.53. The summed E-state index contributed by atoms with van der Waals surface area (Å²) >= 11 is 2.68. The summed E-state index contributed by atoms with van der Waals surface area (Å²) in [4.78, 5) is 20.2. The molecule has 3 atom stereocenters. The minimum atomic E-state index is -0.900. The van der Waals surface area contributed by atoms with E-state index in [1.165, 1.54) is 22.7 Å². The van der Waals surface area contributed by atoms with E-state index in [2.05, 4.69) is 15.6 Å². The molecule has 1 aromatic carbocycles. The van der Waals surface area contributed by atoms with Crippen molar-refractivity contribution in [3.63, 3.8) is 0 Å². The zero-order chi connectivity index (χ0) is 22.9. The molecule has 2 unspecified atom stereocenters. The maximum Gasteiger partial charge on any atom is 0.263 e. The van der Waals surface area contributed by atoms with E-state index < -0.39 is 17.7 Å². The summed E-state index contributed by atoms with van der Waals surface area (Å²) in [5, 5.41) is 7.25. The fourth-order valence-corrected chi connectivity index (χ4v) is 7.17. The normalized spacial score (nSPS) is 24.1. The summed E-state index contributed by atoms with van der Waals surface area (Å²) in [5.41, 5.74) is 6.97. The maximum atomic E-state index is 15.1. The van der Waals surface area contributed by atoms with Crippen LogP contribution in [0.15, 0.2) is 6.07 Å². The monoisotopic (exact) mass is 491 g/mol. The third-order valence-electron chi connectivity index (χ3n) is 6.63. The number of thiophene rings is 1. The van der Waals surface area contributed by atoms with Crippen molar-refractivity contribution in [3.05, 3.63) is 33.1 Å². The number of amides is 1. The van der Waals surface area contributed by atoms with Gasteiger partial charge >= 0.3 is 0 Å². The molecule has 0 aliphatic carbocycles. The highest BCUT2D eigenvalue weighted by atomic mass is 32.1. The van der Waals surface area contributed by atoms with Crippen LogP contribution < -0.4 is 26.0 Å². The molecule has 2 saturated heterocycles. The predicted molar refractivity (Wildman–Crippen MR) is 126 cm³/mol. The highest BCUT2D eigenvalue weighted by Crippen LogP contribution is 2.39. The smallest absolute Gasteiger partial charge is 0.263 e. The highest BCUT2D eigenvalue weighted by Gasteiger charge is 2.36. The number of fused-ring (bicyclic) bond motifs is 4. The summed E-state index contributed by atoms with van der Waals surface area (Å²) in [6.07, 6.45) is 2.25. The lowest BCUT2D eigenvalue weighted by molar-refractivity contribution is 0.0919. The molecule has 2 fully saturated rings. The quantitative estimate of drug-likeness (QED) is 0.521. The lowest BCUT2D eigenvalue weighted by Gasteiger charge is -2.36. The van der Waals surface area contributed by atoms with Crippen molar-refractivity contribution >= 4 is 49.5 Å². The van der Waals surface area contributed by atoms with Gasteiger partial charge in [-0.3, -0.25) is 4.79 Å². The SMILES string of the molecule is Cc1nc2sc(C(=O)N[C@H]3COc4cc(N5CC6CCC(C5)N6)c(F)c(F)c4C3)c(N)c2s1. The van der Waals surface area contributed by atoms with Gasteiger partial charge in [-0.2, -0.15) is 0 Å². The first-order chi connectivity index (χ1) is 15.9. The Labute approximate surface area is 196 Å². The van der Waals surface area contributed by atoms with E-state index in [0.29, 0.717) is 41.5 Å². The Balaban J connectivity index is 1.21. The van der Waals surface area contributed by atoms with Gasteiger partial charge in [0.25, 0.3) is 5.91 Å². The number of anilines is 2. The molecule has 5 heterocycles. The summed E-state index contributed by atoms with van der Waals surface area (Å²) < 4.78 is 36.8. The van der Waals surface area contributed by atoms with Gasteiger partial charge in [-0.15, -0.1) is 22.7 Å². The Morgan fingerprint density at radius 3 is 2.76 bits per heavy atom. The summed E-state index contributed by atoms with van der Waals surface area (Å²) in [6.45, 7) is 3.36. The first-order valence-corrected chi connectivity index (χ1v) is 12.6. The molecule has 0 saturated carbocycles. The number of aryl methyl sites for hydroxylation is 1. The molecular formula is C22H23F2N5O2S2. The Kier molecular flexibility index (Phi) is 4.96. The van der Waals surface area contributed by atoms with Crippen LogP contribution >= 0.6 is 22.7 Å². The molecule has 2 aromatic heterocycles. The zero-order valence-electron chi connectivity index (χ0n) is 17.9. The number of carbonyl (C=O) groups is 1. The largest absolute Gasteiger partial charge is 0.491 e. The molecule has 174 valence electrons. The molecular weight excluding hydrogens is 468 g/mol. The van der Waals surface area contributed by atoms with Crippen LogP contribution in [0.3, 0.4) is 0 Å². The molecule has 0 radical (unpaired) electrons. The van der Waals surface area contributed by atoms with Crippen molar-refractivity contribution < 1.29 is 18.3 Å². The lowest BCUT2D eigenvalue weighted by atomic mass is 10.00. The van der Waals surface area contributed by atoms with E-state index in [1.807, 2.05) is 11.8 Å². The van der Waals surface area contributed by atoms with Crippen LogP contribution in [0.5, 0.6) is 5.75 Å². The Morgan fingerprint density at radius 2 is 2.03 bits per heavy atom. The molecule has 6 rings (SSSR count). The van der Waals surface area contributed by atoms with Gasteiger partial charge in [0.05, 0.1) is 27.1 Å². The van der Waals surface area contributed by atoms with Gasteiger partial charge in [0.15, 0.2) is 11.6 Å². The van der Waals surface area contributed by atoms with E-state index in [4.69, 9.17) is 10.5 Å². The number of nitrogens with zero attached hydrogens (tertiary/aromatic N) is 2. The molecule has 11 heteroatoms. The van der Waals surface area contributed by atoms with E-state index in [-0.39, 0.29) is 30.2 Å². The predicted octanol–water partition coefficient (Wildman–Crippen LogP) is 3.20. The van der Waals surface area contributed by atoms with Crippen LogP contribution in [0.25, 0.3) is 9.53 Å². The molecule has 1 amide bonds. The van der Waals surface area contributed by atoms with Gasteiger partial charge in [-0.05, 0) is 19.8 Å². The minimum Gasteiger partial charge on any atom is -0.491 e. The second-order valence-corrected chi connectivity index (χ2v) is 11.1. The number of thiazole rings is 1. The van der Waals surface area contributed by atoms with Crippen LogP contribution in [-0.2, 0) is 6.42 Å². The van der Waals surface area contributed by atoms with Gasteiger partial charge in [0.1, 0.15) is 22.1 Å². The Morgan fingerprint density at radius 1 is 1.27 bits per heavy atom. The van der Waals surface area contributed by atoms with E-state index in [9.17, 15) is 4.79 Å². The summed E-state index contributed by atoms with van der Waals surface area (Å²) in [6, 6.07) is 1.73. The maximum absolute atomic E-state index is 15.1. The Bertz CT molecular complexity index is 1260. The van der Waals surface area contributed by atoms with Crippen molar-refractivity contribution in [1.82, 2.24) is 15.6 Å². The molecule has 3 aliphatic rings. The molecule has 4 N–H and O–H groups in total. The van der Waals surface area contributed by atoms with Crippen molar-refractivity contribution in [2.24, 2.45) is 0 Å². The number of hydrogen-bond donors (Lipinski definition) is 3. The van der Waals surface area contributed by atoms with Crippen molar-refractivity contribution in [2.75, 3.05) is 30.3 Å². The average molecular weight is 492 g/mol. The van der Waals surface area contributed by atoms with Gasteiger partial charge in [-0.25, -0.2) is 13.8 Å². The summed E-state index contributed by atoms with van der Waals surface area (Å²) in [7, 11) is 0. The number of aromatic nitrogens is 1. The third-order valence-corrected chi connectivity index (χ3v) is 8.86. The number of halogens is 2. The van der Waals surface area contributed by atoms with Gasteiger partial charge in [-0.1, -0.05) is 0 Å². The number of ether oxygens (including phenoxy) is 1. The second kappa shape index (κ2) is 7.78. The van der Waals surface area contributed by atoms with Gasteiger partial charge < -0.3 is 26.0 Å². The van der Waals surface area contributed by atoms with E-state index in [1.54, 1.807) is 6.07 Å². The van der Waals surface area contributed by atoms with E-state index in [0.717, 1.165) is 27.4 Å². The Hall–Kier alpha value is -2.50. The van der Waals surface area contributed by atoms with Crippen LogP contribution in [0.1, 0.15) is 33.1 Å². The van der Waals surface area contributed by atoms with Crippen LogP contribution in [0, 0.1) is 18.6 Å². The highest BCUT2D eigenvalue weighted by molar-refractivity contribution is 7.29. The van der Waals surface area contributed by atoms with Crippen LogP contribution in [0.2, 0.25) is 0 Å². The molecule has 33 heavy (non-hydrogen) atoms. The van der Waals surface area contributed by atoms with Crippen molar-refractivity contribution in [1.29, 1.82) is 0 Å². The average Bonchev–Trinajstić information content (AvgIpc) is 3.43. The minimum absolute atomic E-state index is 0.147. The van der Waals surface area contributed by atoms with Crippen LogP contribution in [0.4, 0.5) is 20.2 Å². The number of carbonyl (C=O) groups excluding carboxylic acids is 1. The number of nitrogens with two attached hydrogens (primary N) is 1. The van der Waals surface area contributed by atoms with Gasteiger partial charge in [0.2, 0.25) is 0 Å². The fraction of sp³-hybridized carbons (Fsp3) is 0.455. The standard InChI is InChI=1S/C22H23F2N5O2S2/c1-9-26-22-20(32-9)18(25)19(33-22)21(30)28-12-4-13-15(31-8-12)5-14(17(24)16(13)23)29-6-10-2-3-11(7-29)27-10/h5,10-12,27H,2-4,6-8,25H2,1H3,(H,28,30)/t10?,11?,12-/m1/s1. The molecule has 0 spiro atoms. The van der Waals surface area contributed by atoms with Crippen molar-refractivity contribution in [2.45, 2.75) is 44.3 Å². The number of nitrogens with one attached hydrogen (secondary N) is 2. The first-order valence-electron chi connectivity index (χ1n) is 11.0. The molecule has 7 nitrogen and oxygen atoms in total. The van der Waals surface area contributed by atoms with E-state index >= 15 is 8.78 Å². The number of hydrogen-bond acceptors (Lipinski definition) is 8. The zero-order valence-corrected chi connectivity index (χ0v) is 19.5. The second-order valence-electron chi connectivity index (χ2n) is 8.94. The number of piperazine rings is 1.